The summed E-state index contributed by atoms with van der Waals surface area (Å²) in [5.74, 6) is -7.06. The fourth-order valence-corrected chi connectivity index (χ4v) is 8.40. The van der Waals surface area contributed by atoms with Crippen molar-refractivity contribution in [2.45, 2.75) is 102 Å². The Balaban J connectivity index is 1.41. The molecular weight excluding hydrogens is 875 g/mol. The maximum atomic E-state index is 14.6. The van der Waals surface area contributed by atoms with Crippen molar-refractivity contribution < 1.29 is 81.2 Å². The van der Waals surface area contributed by atoms with Crippen molar-refractivity contribution in [2.24, 2.45) is 0 Å². The number of esters is 4. The number of nitrogens with zero attached hydrogens (tertiary/aromatic N) is 1. The minimum atomic E-state index is -2.58. The van der Waals surface area contributed by atoms with E-state index in [0.29, 0.717) is 11.3 Å². The number of rotatable bonds is 17. The minimum absolute atomic E-state index is 0.0464. The van der Waals surface area contributed by atoms with Crippen LogP contribution in [0.25, 0.3) is 0 Å². The lowest BCUT2D eigenvalue weighted by Crippen LogP contribution is -2.72. The van der Waals surface area contributed by atoms with E-state index in [9.17, 15) is 33.9 Å². The van der Waals surface area contributed by atoms with E-state index in [1.54, 1.807) is 54.6 Å². The van der Waals surface area contributed by atoms with Crippen molar-refractivity contribution in [3.63, 3.8) is 0 Å². The van der Waals surface area contributed by atoms with Crippen LogP contribution in [0.15, 0.2) is 109 Å². The second kappa shape index (κ2) is 21.4. The number of aliphatic hydroxyl groups is 1. The molecule has 0 unspecified atom stereocenters. The van der Waals surface area contributed by atoms with Gasteiger partial charge in [0, 0.05) is 33.3 Å². The fourth-order valence-electron chi connectivity index (χ4n) is 8.40. The normalized spacial score (nSPS) is 26.8. The van der Waals surface area contributed by atoms with Crippen molar-refractivity contribution in [1.82, 2.24) is 4.90 Å². The first-order chi connectivity index (χ1) is 32.2. The summed E-state index contributed by atoms with van der Waals surface area (Å²) in [7, 11) is 1.46. The van der Waals surface area contributed by atoms with Gasteiger partial charge in [0.1, 0.15) is 42.8 Å². The van der Waals surface area contributed by atoms with Gasteiger partial charge < -0.3 is 52.5 Å². The molecule has 0 aliphatic carbocycles. The molecule has 3 heterocycles. The number of carbonyl (C=O) groups is 6. The number of hydrogen-bond acceptors (Lipinski definition) is 17. The van der Waals surface area contributed by atoms with Gasteiger partial charge in [0.2, 0.25) is 5.79 Å². The summed E-state index contributed by atoms with van der Waals surface area (Å²) < 4.78 is 60.9. The SMILES string of the molecule is COc1ccc([C@@]2(O)O[C@H](COCc3ccccc3)[C@@H](O[C@@H]3O[C@H](COC(C)=O)[C@H](OC(C)=O)[C@H](OC(C)=O)[C@H]3OC(C)=O)[C@H](OCc3ccccc3)[C@H]2N2C(=O)c3ccccc3C2=O)cc1. The van der Waals surface area contributed by atoms with Crippen LogP contribution >= 0.6 is 0 Å². The number of fused-ring (bicyclic) bond motifs is 1. The molecule has 18 nitrogen and oxygen atoms in total. The fraction of sp³-hybridized carbons (Fsp3) is 0.388. The van der Waals surface area contributed by atoms with Crippen LogP contribution in [0.1, 0.15) is 65.1 Å². The van der Waals surface area contributed by atoms with Crippen LogP contribution in [-0.4, -0.2) is 121 Å². The van der Waals surface area contributed by atoms with Crippen LogP contribution < -0.4 is 4.74 Å². The third kappa shape index (κ3) is 11.0. The van der Waals surface area contributed by atoms with Crippen molar-refractivity contribution in [3.05, 3.63) is 137 Å². The lowest BCUT2D eigenvalue weighted by atomic mass is 9.84. The highest BCUT2D eigenvalue weighted by Gasteiger charge is 2.64. The molecule has 3 aliphatic heterocycles. The molecule has 4 aromatic rings. The molecule has 67 heavy (non-hydrogen) atoms. The number of benzene rings is 4. The Bertz CT molecular complexity index is 2360. The topological polar surface area (TPSA) is 218 Å². The molecule has 2 fully saturated rings. The Morgan fingerprint density at radius 2 is 1.15 bits per heavy atom. The van der Waals surface area contributed by atoms with Crippen LogP contribution in [0, 0.1) is 0 Å². The van der Waals surface area contributed by atoms with Gasteiger partial charge in [0.05, 0.1) is 38.1 Å². The first-order valence-electron chi connectivity index (χ1n) is 21.4. The Labute approximate surface area is 385 Å². The third-order valence-corrected chi connectivity index (χ3v) is 11.3. The molecule has 0 spiro atoms. The molecule has 1 N–H and O–H groups in total. The summed E-state index contributed by atoms with van der Waals surface area (Å²) >= 11 is 0. The highest BCUT2D eigenvalue weighted by molar-refractivity contribution is 6.21. The van der Waals surface area contributed by atoms with E-state index in [1.165, 1.54) is 31.4 Å². The molecule has 7 rings (SSSR count). The number of ether oxygens (including phenoxy) is 10. The Kier molecular flexibility index (Phi) is 15.5. The largest absolute Gasteiger partial charge is 0.497 e. The van der Waals surface area contributed by atoms with E-state index < -0.39 is 103 Å². The maximum absolute atomic E-state index is 14.6. The highest BCUT2D eigenvalue weighted by Crippen LogP contribution is 2.46. The van der Waals surface area contributed by atoms with Crippen molar-refractivity contribution in [3.8, 4) is 5.75 Å². The van der Waals surface area contributed by atoms with Crippen molar-refractivity contribution in [1.29, 1.82) is 0 Å². The monoisotopic (exact) mass is 925 g/mol. The number of methoxy groups -OCH3 is 1. The average Bonchev–Trinajstić information content (AvgIpc) is 3.55. The van der Waals surface area contributed by atoms with Gasteiger partial charge in [0.15, 0.2) is 24.6 Å². The number of amides is 2. The zero-order chi connectivity index (χ0) is 47.8. The van der Waals surface area contributed by atoms with Gasteiger partial charge in [-0.3, -0.25) is 33.7 Å². The maximum Gasteiger partial charge on any atom is 0.303 e. The zero-order valence-corrected chi connectivity index (χ0v) is 37.3. The number of hydrogen-bond donors (Lipinski definition) is 1. The Morgan fingerprint density at radius 3 is 1.70 bits per heavy atom. The van der Waals surface area contributed by atoms with E-state index >= 15 is 0 Å². The Hall–Kier alpha value is -6.54. The van der Waals surface area contributed by atoms with Crippen LogP contribution in [0.5, 0.6) is 5.75 Å². The molecule has 0 saturated carbocycles. The zero-order valence-electron chi connectivity index (χ0n) is 37.3. The molecule has 2 amide bonds. The van der Waals surface area contributed by atoms with E-state index in [1.807, 2.05) is 30.3 Å². The van der Waals surface area contributed by atoms with Crippen LogP contribution in [0.2, 0.25) is 0 Å². The average molecular weight is 926 g/mol. The molecule has 0 radical (unpaired) electrons. The standard InChI is InChI=1S/C49H51NO17/c1-28(51)60-27-38-40(62-29(2)52)42(63-30(3)53)44(64-31(4)54)48(65-38)66-41-39(26-59-24-32-14-8-6-9-15-32)67-49(57,34-20-22-35(58-5)23-21-34)45(43(41)61-25-33-16-10-7-11-17-33)50-46(55)36-18-12-13-19-37(36)47(50)56/h6-23,38-45,48,57H,24-27H2,1-5H3/t38-,39-,40+,41-,42+,43+,44-,45-,48+,49-/m1/s1. The van der Waals surface area contributed by atoms with Gasteiger partial charge in [-0.1, -0.05) is 72.8 Å². The van der Waals surface area contributed by atoms with Gasteiger partial charge in [-0.15, -0.1) is 0 Å². The first-order valence-corrected chi connectivity index (χ1v) is 21.4. The lowest BCUT2D eigenvalue weighted by molar-refractivity contribution is -0.381. The number of carbonyl (C=O) groups excluding carboxylic acids is 6. The van der Waals surface area contributed by atoms with Crippen molar-refractivity contribution >= 4 is 35.7 Å². The summed E-state index contributed by atoms with van der Waals surface area (Å²) in [6, 6.07) is 28.7. The first kappa shape index (κ1) is 48.4. The van der Waals surface area contributed by atoms with Crippen molar-refractivity contribution in [2.75, 3.05) is 20.3 Å². The van der Waals surface area contributed by atoms with Gasteiger partial charge in [-0.05, 0) is 47.5 Å². The summed E-state index contributed by atoms with van der Waals surface area (Å²) in [6.45, 7) is 3.35. The molecular formula is C49H51NO17. The van der Waals surface area contributed by atoms with E-state index in [4.69, 9.17) is 47.4 Å². The van der Waals surface area contributed by atoms with E-state index in [0.717, 1.165) is 38.2 Å². The molecule has 10 atom stereocenters. The van der Waals surface area contributed by atoms with Gasteiger partial charge >= 0.3 is 23.9 Å². The molecule has 4 aromatic carbocycles. The third-order valence-electron chi connectivity index (χ3n) is 11.3. The summed E-state index contributed by atoms with van der Waals surface area (Å²) in [6.07, 6.45) is -12.6. The quantitative estimate of drug-likeness (QED) is 0.0893. The van der Waals surface area contributed by atoms with Gasteiger partial charge in [-0.2, -0.15) is 0 Å². The molecule has 354 valence electrons. The molecule has 0 bridgehead atoms. The molecule has 3 aliphatic rings. The molecule has 2 saturated heterocycles. The molecule has 18 heteroatoms. The number of imide groups is 1. The van der Waals surface area contributed by atoms with Crippen LogP contribution in [0.3, 0.4) is 0 Å². The lowest BCUT2D eigenvalue weighted by Gasteiger charge is -2.54. The second-order valence-corrected chi connectivity index (χ2v) is 16.0. The van der Waals surface area contributed by atoms with E-state index in [2.05, 4.69) is 0 Å². The highest BCUT2D eigenvalue weighted by atomic mass is 16.8. The van der Waals surface area contributed by atoms with Crippen LogP contribution in [0.4, 0.5) is 0 Å². The minimum Gasteiger partial charge on any atom is -0.497 e. The van der Waals surface area contributed by atoms with Gasteiger partial charge in [0.25, 0.3) is 11.8 Å². The van der Waals surface area contributed by atoms with Crippen LogP contribution in [-0.2, 0) is 80.8 Å². The summed E-state index contributed by atoms with van der Waals surface area (Å²) in [5, 5.41) is 13.4. The molecule has 0 aromatic heterocycles. The smallest absolute Gasteiger partial charge is 0.303 e. The summed E-state index contributed by atoms with van der Waals surface area (Å²) in [5.41, 5.74) is 1.61. The summed E-state index contributed by atoms with van der Waals surface area (Å²) in [4.78, 5) is 80.6. The van der Waals surface area contributed by atoms with E-state index in [-0.39, 0.29) is 36.5 Å². The Morgan fingerprint density at radius 1 is 0.612 bits per heavy atom. The second-order valence-electron chi connectivity index (χ2n) is 16.0. The van der Waals surface area contributed by atoms with Gasteiger partial charge in [-0.25, -0.2) is 0 Å². The predicted octanol–water partition coefficient (Wildman–Crippen LogP) is 4.17. The predicted molar refractivity (Wildman–Crippen MR) is 230 cm³/mol.